The third kappa shape index (κ3) is 5.34. The van der Waals surface area contributed by atoms with Gasteiger partial charge in [-0.25, -0.2) is 9.59 Å². The number of ether oxygens (including phenoxy) is 1. The molecule has 142 valence electrons. The Morgan fingerprint density at radius 2 is 2.00 bits per heavy atom. The quantitative estimate of drug-likeness (QED) is 0.741. The molecular weight excluding hydrogens is 362 g/mol. The molecule has 2 rings (SSSR count). The first kappa shape index (κ1) is 20.0. The van der Waals surface area contributed by atoms with Crippen molar-refractivity contribution in [3.63, 3.8) is 0 Å². The number of hydrogen-bond donors (Lipinski definition) is 3. The molecule has 26 heavy (non-hydrogen) atoms. The first-order valence-electron chi connectivity index (χ1n) is 8.09. The zero-order chi connectivity index (χ0) is 19.5. The van der Waals surface area contributed by atoms with Crippen molar-refractivity contribution >= 4 is 35.2 Å². The second kappa shape index (κ2) is 7.92. The lowest BCUT2D eigenvalue weighted by molar-refractivity contribution is -0.154. The molecule has 0 aliphatic carbocycles. The molecule has 3 N–H and O–H groups in total. The number of rotatable bonds is 3. The van der Waals surface area contributed by atoms with Crippen LogP contribution in [0.4, 0.5) is 10.5 Å². The predicted octanol–water partition coefficient (Wildman–Crippen LogP) is 2.19. The maximum Gasteiger partial charge on any atom is 0.334 e. The zero-order valence-corrected chi connectivity index (χ0v) is 15.6. The summed E-state index contributed by atoms with van der Waals surface area (Å²) < 4.78 is 5.12. The molecule has 0 saturated carbocycles. The summed E-state index contributed by atoms with van der Waals surface area (Å²) in [5.41, 5.74) is 0.184. The molecule has 8 nitrogen and oxygen atoms in total. The summed E-state index contributed by atoms with van der Waals surface area (Å²) in [5.74, 6) is -1.53. The van der Waals surface area contributed by atoms with Gasteiger partial charge in [0.25, 0.3) is 5.91 Å². The highest BCUT2D eigenvalue weighted by molar-refractivity contribution is 6.34. The van der Waals surface area contributed by atoms with Crippen LogP contribution in [0, 0.1) is 0 Å². The van der Waals surface area contributed by atoms with Gasteiger partial charge in [-0.3, -0.25) is 4.79 Å². The molecule has 0 bridgehead atoms. The Hall–Kier alpha value is -2.32. The number of hydrogen-bond acceptors (Lipinski definition) is 4. The first-order valence-corrected chi connectivity index (χ1v) is 8.47. The summed E-state index contributed by atoms with van der Waals surface area (Å²) >= 11 is 6.13. The van der Waals surface area contributed by atoms with Crippen LogP contribution < -0.4 is 10.6 Å². The van der Waals surface area contributed by atoms with Crippen molar-refractivity contribution in [3.05, 3.63) is 28.8 Å². The van der Waals surface area contributed by atoms with E-state index in [0.717, 1.165) is 0 Å². The number of carboxylic acids is 1. The molecule has 3 amide bonds. The summed E-state index contributed by atoms with van der Waals surface area (Å²) in [5, 5.41) is 14.7. The number of benzene rings is 1. The van der Waals surface area contributed by atoms with Gasteiger partial charge in [-0.2, -0.15) is 0 Å². The molecule has 1 saturated heterocycles. The molecule has 1 aromatic rings. The highest BCUT2D eigenvalue weighted by Gasteiger charge is 2.30. The van der Waals surface area contributed by atoms with Crippen molar-refractivity contribution in [2.24, 2.45) is 0 Å². The van der Waals surface area contributed by atoms with Crippen molar-refractivity contribution < 1.29 is 24.2 Å². The fraction of sp³-hybridized carbons (Fsp3) is 0.471. The molecule has 1 heterocycles. The number of carbonyl (C=O) groups excluding carboxylic acids is 2. The molecule has 9 heteroatoms. The van der Waals surface area contributed by atoms with Crippen LogP contribution in [0.1, 0.15) is 31.1 Å². The number of carbonyl (C=O) groups is 3. The second-order valence-corrected chi connectivity index (χ2v) is 7.38. The minimum absolute atomic E-state index is 0.0628. The van der Waals surface area contributed by atoms with Gasteiger partial charge in [-0.05, 0) is 39.0 Å². The van der Waals surface area contributed by atoms with E-state index in [-0.39, 0.29) is 30.3 Å². The molecule has 1 unspecified atom stereocenters. The average molecular weight is 384 g/mol. The second-order valence-electron chi connectivity index (χ2n) is 6.97. The molecule has 1 aliphatic heterocycles. The van der Waals surface area contributed by atoms with Gasteiger partial charge in [0, 0.05) is 17.8 Å². The number of aliphatic carboxylic acids is 1. The van der Waals surface area contributed by atoms with E-state index >= 15 is 0 Å². The Balaban J connectivity index is 2.14. The number of amides is 3. The van der Waals surface area contributed by atoms with Crippen molar-refractivity contribution in [2.45, 2.75) is 32.4 Å². The number of carboxylic acid groups (broad SMARTS) is 1. The van der Waals surface area contributed by atoms with Crippen LogP contribution in [0.5, 0.6) is 0 Å². The summed E-state index contributed by atoms with van der Waals surface area (Å²) in [6.45, 7) is 5.88. The molecule has 0 spiro atoms. The van der Waals surface area contributed by atoms with Gasteiger partial charge in [0.1, 0.15) is 0 Å². The van der Waals surface area contributed by atoms with Crippen LogP contribution in [0.25, 0.3) is 0 Å². The molecule has 1 atom stereocenters. The van der Waals surface area contributed by atoms with E-state index in [1.807, 2.05) is 20.8 Å². The zero-order valence-electron chi connectivity index (χ0n) is 14.8. The number of morpholine rings is 1. The number of nitrogens with one attached hydrogen (secondary N) is 2. The van der Waals surface area contributed by atoms with E-state index in [9.17, 15) is 14.4 Å². The Kier molecular flexibility index (Phi) is 6.09. The molecule has 1 aromatic carbocycles. The number of urea groups is 1. The van der Waals surface area contributed by atoms with Gasteiger partial charge in [-0.1, -0.05) is 11.6 Å². The Labute approximate surface area is 156 Å². The van der Waals surface area contributed by atoms with E-state index in [1.165, 1.54) is 17.0 Å². The maximum absolute atomic E-state index is 12.7. The molecule has 1 aliphatic rings. The monoisotopic (exact) mass is 383 g/mol. The van der Waals surface area contributed by atoms with Crippen LogP contribution in [0.15, 0.2) is 18.2 Å². The molecule has 0 aromatic heterocycles. The van der Waals surface area contributed by atoms with E-state index in [1.54, 1.807) is 6.07 Å². The fourth-order valence-corrected chi connectivity index (χ4v) is 2.62. The molecule has 1 fully saturated rings. The van der Waals surface area contributed by atoms with Gasteiger partial charge >= 0.3 is 12.0 Å². The fourth-order valence-electron chi connectivity index (χ4n) is 2.42. The lowest BCUT2D eigenvalue weighted by Crippen LogP contribution is -2.48. The first-order chi connectivity index (χ1) is 12.1. The smallest absolute Gasteiger partial charge is 0.334 e. The number of anilines is 1. The third-order valence-corrected chi connectivity index (χ3v) is 3.90. The SMILES string of the molecule is CC(C)(C)NC(=O)Nc1ccc(Cl)c(C(=O)N2CCOC(C(=O)O)C2)c1. The maximum atomic E-state index is 12.7. The summed E-state index contributed by atoms with van der Waals surface area (Å²) in [7, 11) is 0. The number of halogens is 1. The minimum atomic E-state index is -1.12. The van der Waals surface area contributed by atoms with Crippen LogP contribution in [0.2, 0.25) is 5.02 Å². The van der Waals surface area contributed by atoms with Crippen LogP contribution in [-0.4, -0.2) is 59.3 Å². The number of nitrogens with zero attached hydrogens (tertiary/aromatic N) is 1. The summed E-state index contributed by atoms with van der Waals surface area (Å²) in [4.78, 5) is 37.2. The van der Waals surface area contributed by atoms with Gasteiger partial charge in [0.05, 0.1) is 23.7 Å². The van der Waals surface area contributed by atoms with Crippen molar-refractivity contribution in [3.8, 4) is 0 Å². The lowest BCUT2D eigenvalue weighted by Gasteiger charge is -2.31. The van der Waals surface area contributed by atoms with Crippen molar-refractivity contribution in [1.82, 2.24) is 10.2 Å². The van der Waals surface area contributed by atoms with Gasteiger partial charge in [-0.15, -0.1) is 0 Å². The Morgan fingerprint density at radius 3 is 2.62 bits per heavy atom. The van der Waals surface area contributed by atoms with Gasteiger partial charge in [0.2, 0.25) is 0 Å². The average Bonchev–Trinajstić information content (AvgIpc) is 2.54. The van der Waals surface area contributed by atoms with Gasteiger partial charge < -0.3 is 25.4 Å². The van der Waals surface area contributed by atoms with E-state index in [4.69, 9.17) is 21.4 Å². The highest BCUT2D eigenvalue weighted by atomic mass is 35.5. The Morgan fingerprint density at radius 1 is 1.31 bits per heavy atom. The Bertz CT molecular complexity index is 717. The van der Waals surface area contributed by atoms with E-state index in [0.29, 0.717) is 5.69 Å². The standard InChI is InChI=1S/C17H22ClN3O5/c1-17(2,3)20-16(25)19-10-4-5-12(18)11(8-10)14(22)21-6-7-26-13(9-21)15(23)24/h4-5,8,13H,6-7,9H2,1-3H3,(H,23,24)(H2,19,20,25). The molecular formula is C17H22ClN3O5. The van der Waals surface area contributed by atoms with Crippen molar-refractivity contribution in [1.29, 1.82) is 0 Å². The summed E-state index contributed by atoms with van der Waals surface area (Å²) in [6.07, 6.45) is -1.06. The minimum Gasteiger partial charge on any atom is -0.479 e. The van der Waals surface area contributed by atoms with Gasteiger partial charge in [0.15, 0.2) is 6.10 Å². The van der Waals surface area contributed by atoms with Crippen molar-refractivity contribution in [2.75, 3.05) is 25.0 Å². The largest absolute Gasteiger partial charge is 0.479 e. The topological polar surface area (TPSA) is 108 Å². The van der Waals surface area contributed by atoms with E-state index in [2.05, 4.69) is 10.6 Å². The lowest BCUT2D eigenvalue weighted by atomic mass is 10.1. The van der Waals surface area contributed by atoms with Crippen LogP contribution in [0.3, 0.4) is 0 Å². The molecule has 0 radical (unpaired) electrons. The predicted molar refractivity (Wildman–Crippen MR) is 96.6 cm³/mol. The van der Waals surface area contributed by atoms with E-state index < -0.39 is 29.6 Å². The van der Waals surface area contributed by atoms with Crippen LogP contribution >= 0.6 is 11.6 Å². The third-order valence-electron chi connectivity index (χ3n) is 3.57. The summed E-state index contributed by atoms with van der Waals surface area (Å²) in [6, 6.07) is 4.16. The normalized spacial score (nSPS) is 17.5. The highest BCUT2D eigenvalue weighted by Crippen LogP contribution is 2.23. The van der Waals surface area contributed by atoms with Crippen LogP contribution in [-0.2, 0) is 9.53 Å².